The molecule has 0 saturated carbocycles. The van der Waals surface area contributed by atoms with Crippen molar-refractivity contribution in [1.29, 1.82) is 0 Å². The molecular formula is C24H26F3N3O2S. The van der Waals surface area contributed by atoms with Crippen LogP contribution < -0.4 is 5.32 Å². The van der Waals surface area contributed by atoms with E-state index in [4.69, 9.17) is 4.74 Å². The Morgan fingerprint density at radius 3 is 2.55 bits per heavy atom. The Labute approximate surface area is 195 Å². The summed E-state index contributed by atoms with van der Waals surface area (Å²) in [4.78, 5) is 15.7. The van der Waals surface area contributed by atoms with Crippen LogP contribution in [0.1, 0.15) is 16.8 Å². The van der Waals surface area contributed by atoms with Crippen molar-refractivity contribution < 1.29 is 22.7 Å². The van der Waals surface area contributed by atoms with E-state index >= 15 is 0 Å². The number of urea groups is 1. The van der Waals surface area contributed by atoms with Gasteiger partial charge in [-0.3, -0.25) is 0 Å². The molecule has 3 aromatic rings. The quantitative estimate of drug-likeness (QED) is 0.387. The number of aromatic nitrogens is 1. The smallest absolute Gasteiger partial charge is 0.383 e. The Bertz CT molecular complexity index is 1050. The molecule has 1 N–H and O–H groups in total. The molecule has 0 unspecified atom stereocenters. The van der Waals surface area contributed by atoms with Crippen molar-refractivity contribution in [3.05, 3.63) is 83.7 Å². The van der Waals surface area contributed by atoms with Crippen molar-refractivity contribution in [1.82, 2.24) is 9.47 Å². The lowest BCUT2D eigenvalue weighted by Gasteiger charge is -2.24. The van der Waals surface area contributed by atoms with Gasteiger partial charge >= 0.3 is 12.2 Å². The minimum Gasteiger partial charge on any atom is -0.383 e. The highest BCUT2D eigenvalue weighted by atomic mass is 32.2. The summed E-state index contributed by atoms with van der Waals surface area (Å²) >= 11 is 1.62. The van der Waals surface area contributed by atoms with Crippen LogP contribution in [0.3, 0.4) is 0 Å². The fraction of sp³-hybridized carbons (Fsp3) is 0.292. The number of hydrogen-bond donors (Lipinski definition) is 1. The molecule has 0 radical (unpaired) electrons. The Morgan fingerprint density at radius 1 is 1.12 bits per heavy atom. The van der Waals surface area contributed by atoms with E-state index in [1.807, 2.05) is 47.2 Å². The third kappa shape index (κ3) is 7.03. The number of nitrogens with zero attached hydrogens (tertiary/aromatic N) is 2. The van der Waals surface area contributed by atoms with E-state index in [9.17, 15) is 18.0 Å². The third-order valence-corrected chi connectivity index (χ3v) is 5.82. The third-order valence-electron chi connectivity index (χ3n) is 5.08. The molecule has 0 spiro atoms. The zero-order valence-corrected chi connectivity index (χ0v) is 19.2. The molecule has 2 amide bonds. The molecule has 1 aromatic heterocycles. The molecule has 33 heavy (non-hydrogen) atoms. The summed E-state index contributed by atoms with van der Waals surface area (Å²) in [7, 11) is 1.56. The predicted octanol–water partition coefficient (Wildman–Crippen LogP) is 5.96. The predicted molar refractivity (Wildman–Crippen MR) is 125 cm³/mol. The molecule has 0 aliphatic rings. The second-order valence-corrected chi connectivity index (χ2v) is 8.28. The molecule has 5 nitrogen and oxygen atoms in total. The number of rotatable bonds is 9. The molecule has 9 heteroatoms. The van der Waals surface area contributed by atoms with Gasteiger partial charge in [-0.25, -0.2) is 4.79 Å². The summed E-state index contributed by atoms with van der Waals surface area (Å²) in [5, 5.41) is 2.90. The number of alkyl halides is 3. The van der Waals surface area contributed by atoms with Crippen LogP contribution in [0.25, 0.3) is 0 Å². The number of methoxy groups -OCH3 is 1. The van der Waals surface area contributed by atoms with Gasteiger partial charge in [0.1, 0.15) is 0 Å². The number of benzene rings is 2. The van der Waals surface area contributed by atoms with Crippen molar-refractivity contribution in [2.75, 3.05) is 31.8 Å². The molecule has 1 heterocycles. The van der Waals surface area contributed by atoms with Crippen molar-refractivity contribution in [2.24, 2.45) is 0 Å². The molecule has 0 saturated heterocycles. The second kappa shape index (κ2) is 11.3. The lowest BCUT2D eigenvalue weighted by molar-refractivity contribution is -0.137. The van der Waals surface area contributed by atoms with Gasteiger partial charge in [-0.1, -0.05) is 12.1 Å². The Balaban J connectivity index is 1.73. The highest BCUT2D eigenvalue weighted by Gasteiger charge is 2.30. The maximum Gasteiger partial charge on any atom is 0.416 e. The first-order valence-electron chi connectivity index (χ1n) is 10.3. The SMILES string of the molecule is COCCN(Cc1cccn1Cc1cccc(C(F)(F)F)c1)C(=O)Nc1ccc(SC)cc1. The van der Waals surface area contributed by atoms with Gasteiger partial charge in [0.15, 0.2) is 0 Å². The van der Waals surface area contributed by atoms with E-state index in [0.29, 0.717) is 24.4 Å². The first-order chi connectivity index (χ1) is 15.8. The average molecular weight is 478 g/mol. The monoisotopic (exact) mass is 477 g/mol. The van der Waals surface area contributed by atoms with E-state index in [0.717, 1.165) is 22.7 Å². The van der Waals surface area contributed by atoms with Gasteiger partial charge in [0.2, 0.25) is 0 Å². The minimum absolute atomic E-state index is 0.266. The van der Waals surface area contributed by atoms with E-state index < -0.39 is 11.7 Å². The van der Waals surface area contributed by atoms with Crippen LogP contribution in [0.4, 0.5) is 23.7 Å². The normalized spacial score (nSPS) is 11.4. The Hall–Kier alpha value is -2.91. The molecule has 0 aliphatic heterocycles. The van der Waals surface area contributed by atoms with Gasteiger partial charge < -0.3 is 19.5 Å². The topological polar surface area (TPSA) is 46.5 Å². The summed E-state index contributed by atoms with van der Waals surface area (Å²) in [6, 6.07) is 16.2. The van der Waals surface area contributed by atoms with Crippen LogP contribution in [0.5, 0.6) is 0 Å². The zero-order chi connectivity index (χ0) is 23.8. The molecule has 3 rings (SSSR count). The minimum atomic E-state index is -4.39. The number of halogens is 3. The fourth-order valence-electron chi connectivity index (χ4n) is 3.32. The number of anilines is 1. The lowest BCUT2D eigenvalue weighted by Crippen LogP contribution is -2.37. The molecule has 2 aromatic carbocycles. The van der Waals surface area contributed by atoms with Gasteiger partial charge in [0.25, 0.3) is 0 Å². The number of carbonyl (C=O) groups excluding carboxylic acids is 1. The molecular weight excluding hydrogens is 451 g/mol. The van der Waals surface area contributed by atoms with Gasteiger partial charge in [-0.05, 0) is 60.4 Å². The number of carbonyl (C=O) groups is 1. The number of hydrogen-bond acceptors (Lipinski definition) is 3. The zero-order valence-electron chi connectivity index (χ0n) is 18.4. The first kappa shape index (κ1) is 24.7. The van der Waals surface area contributed by atoms with E-state index in [1.54, 1.807) is 36.0 Å². The number of amides is 2. The summed E-state index contributed by atoms with van der Waals surface area (Å²) in [6.07, 6.45) is -0.615. The summed E-state index contributed by atoms with van der Waals surface area (Å²) in [5.41, 5.74) is 1.34. The molecule has 0 atom stereocenters. The largest absolute Gasteiger partial charge is 0.416 e. The van der Waals surface area contributed by atoms with Gasteiger partial charge in [0.05, 0.1) is 18.7 Å². The number of nitrogens with one attached hydrogen (secondary N) is 1. The molecule has 0 bridgehead atoms. The van der Waals surface area contributed by atoms with E-state index in [2.05, 4.69) is 5.32 Å². The van der Waals surface area contributed by atoms with Gasteiger partial charge in [0, 0.05) is 42.7 Å². The lowest BCUT2D eigenvalue weighted by atomic mass is 10.1. The van der Waals surface area contributed by atoms with Crippen LogP contribution in [0, 0.1) is 0 Å². The van der Waals surface area contributed by atoms with Crippen molar-refractivity contribution in [3.63, 3.8) is 0 Å². The highest BCUT2D eigenvalue weighted by molar-refractivity contribution is 7.98. The molecule has 0 aliphatic carbocycles. The average Bonchev–Trinajstić information content (AvgIpc) is 3.23. The van der Waals surface area contributed by atoms with Crippen LogP contribution in [0.15, 0.2) is 71.8 Å². The Morgan fingerprint density at radius 2 is 1.88 bits per heavy atom. The maximum absolute atomic E-state index is 13.1. The number of thioether (sulfide) groups is 1. The van der Waals surface area contributed by atoms with Crippen molar-refractivity contribution >= 4 is 23.5 Å². The first-order valence-corrected chi connectivity index (χ1v) is 11.5. The Kier molecular flexibility index (Phi) is 8.46. The summed E-state index contributed by atoms with van der Waals surface area (Å²) in [6.45, 7) is 1.26. The standard InChI is InChI=1S/C24H26F3N3O2S/c1-32-14-13-30(23(31)28-20-8-10-22(33-2)11-9-20)17-21-7-4-12-29(21)16-18-5-3-6-19(15-18)24(25,26)27/h3-12,15H,13-14,16-17H2,1-2H3,(H,28,31). The van der Waals surface area contributed by atoms with Crippen molar-refractivity contribution in [2.45, 2.75) is 24.2 Å². The van der Waals surface area contributed by atoms with Crippen LogP contribution in [-0.4, -0.2) is 42.0 Å². The van der Waals surface area contributed by atoms with Crippen LogP contribution in [-0.2, 0) is 24.0 Å². The van der Waals surface area contributed by atoms with E-state index in [1.165, 1.54) is 6.07 Å². The summed E-state index contributed by atoms with van der Waals surface area (Å²) in [5.74, 6) is 0. The van der Waals surface area contributed by atoms with Crippen LogP contribution >= 0.6 is 11.8 Å². The maximum atomic E-state index is 13.1. The highest BCUT2D eigenvalue weighted by Crippen LogP contribution is 2.29. The van der Waals surface area contributed by atoms with Crippen LogP contribution in [0.2, 0.25) is 0 Å². The number of ether oxygens (including phenoxy) is 1. The van der Waals surface area contributed by atoms with Gasteiger partial charge in [-0.15, -0.1) is 11.8 Å². The molecule has 0 fully saturated rings. The molecule has 176 valence electrons. The van der Waals surface area contributed by atoms with E-state index in [-0.39, 0.29) is 19.1 Å². The second-order valence-electron chi connectivity index (χ2n) is 7.40. The summed E-state index contributed by atoms with van der Waals surface area (Å²) < 4.78 is 46.2. The van der Waals surface area contributed by atoms with Gasteiger partial charge in [-0.2, -0.15) is 13.2 Å². The van der Waals surface area contributed by atoms with Crippen molar-refractivity contribution in [3.8, 4) is 0 Å². The fourth-order valence-corrected chi connectivity index (χ4v) is 3.72.